The van der Waals surface area contributed by atoms with Gasteiger partial charge in [-0.3, -0.25) is 4.79 Å². The summed E-state index contributed by atoms with van der Waals surface area (Å²) in [6.07, 6.45) is 0.514. The van der Waals surface area contributed by atoms with Crippen molar-refractivity contribution < 1.29 is 9.90 Å². The summed E-state index contributed by atoms with van der Waals surface area (Å²) in [5.41, 5.74) is 7.28. The van der Waals surface area contributed by atoms with Crippen LogP contribution in [0.3, 0.4) is 0 Å². The average molecular weight is 236 g/mol. The third-order valence-electron chi connectivity index (χ3n) is 2.69. The zero-order valence-electron chi connectivity index (χ0n) is 10.6. The predicted octanol–water partition coefficient (Wildman–Crippen LogP) is 1.47. The van der Waals surface area contributed by atoms with Crippen LogP contribution in [0, 0.1) is 6.92 Å². The zero-order valence-corrected chi connectivity index (χ0v) is 10.6. The predicted molar refractivity (Wildman–Crippen MR) is 68.8 cm³/mol. The number of hydrogen-bond donors (Lipinski definition) is 3. The molecule has 0 spiro atoms. The van der Waals surface area contributed by atoms with Gasteiger partial charge in [-0.05, 0) is 44.9 Å². The standard InChI is InChI=1S/C13H20N2O2/c1-9-4-5-10(14)8-11(9)12(17)15-13(2,3)6-7-16/h4-5,8,16H,6-7,14H2,1-3H3,(H,15,17). The largest absolute Gasteiger partial charge is 0.399 e. The van der Waals surface area contributed by atoms with Crippen molar-refractivity contribution in [3.8, 4) is 0 Å². The molecule has 1 aromatic rings. The second-order valence-electron chi connectivity index (χ2n) is 4.89. The summed E-state index contributed by atoms with van der Waals surface area (Å²) >= 11 is 0. The molecular weight excluding hydrogens is 216 g/mol. The Balaban J connectivity index is 2.86. The van der Waals surface area contributed by atoms with Gasteiger partial charge in [0.05, 0.1) is 0 Å². The lowest BCUT2D eigenvalue weighted by molar-refractivity contribution is 0.0899. The third kappa shape index (κ3) is 3.75. The normalized spacial score (nSPS) is 11.3. The van der Waals surface area contributed by atoms with Gasteiger partial charge in [0, 0.05) is 23.4 Å². The number of aliphatic hydroxyl groups is 1. The highest BCUT2D eigenvalue weighted by molar-refractivity contribution is 5.96. The van der Waals surface area contributed by atoms with Crippen molar-refractivity contribution in [3.05, 3.63) is 29.3 Å². The lowest BCUT2D eigenvalue weighted by atomic mass is 9.99. The van der Waals surface area contributed by atoms with E-state index in [0.717, 1.165) is 5.56 Å². The number of rotatable bonds is 4. The quantitative estimate of drug-likeness (QED) is 0.693. The molecule has 1 amide bonds. The van der Waals surface area contributed by atoms with Gasteiger partial charge < -0.3 is 16.2 Å². The summed E-state index contributed by atoms with van der Waals surface area (Å²) in [5, 5.41) is 11.8. The van der Waals surface area contributed by atoms with Gasteiger partial charge in [0.2, 0.25) is 0 Å². The maximum Gasteiger partial charge on any atom is 0.252 e. The molecule has 4 N–H and O–H groups in total. The number of aliphatic hydroxyl groups excluding tert-OH is 1. The van der Waals surface area contributed by atoms with E-state index < -0.39 is 5.54 Å². The van der Waals surface area contributed by atoms with Crippen molar-refractivity contribution in [1.29, 1.82) is 0 Å². The van der Waals surface area contributed by atoms with Crippen LogP contribution < -0.4 is 11.1 Å². The van der Waals surface area contributed by atoms with E-state index in [1.807, 2.05) is 26.8 Å². The number of aryl methyl sites for hydroxylation is 1. The van der Waals surface area contributed by atoms with Crippen molar-refractivity contribution >= 4 is 11.6 Å². The number of nitrogen functional groups attached to an aromatic ring is 1. The molecule has 0 aromatic heterocycles. The number of hydrogen-bond acceptors (Lipinski definition) is 3. The first-order valence-corrected chi connectivity index (χ1v) is 5.65. The highest BCUT2D eigenvalue weighted by Crippen LogP contribution is 2.15. The van der Waals surface area contributed by atoms with Crippen LogP contribution in [0.5, 0.6) is 0 Å². The Hall–Kier alpha value is -1.55. The lowest BCUT2D eigenvalue weighted by Gasteiger charge is -2.25. The van der Waals surface area contributed by atoms with Crippen molar-refractivity contribution in [2.24, 2.45) is 0 Å². The van der Waals surface area contributed by atoms with E-state index in [1.165, 1.54) is 0 Å². The molecule has 0 saturated carbocycles. The molecule has 0 saturated heterocycles. The molecule has 94 valence electrons. The van der Waals surface area contributed by atoms with Crippen molar-refractivity contribution in [3.63, 3.8) is 0 Å². The molecule has 4 heteroatoms. The van der Waals surface area contributed by atoms with Crippen molar-refractivity contribution in [2.45, 2.75) is 32.7 Å². The van der Waals surface area contributed by atoms with Gasteiger partial charge in [0.1, 0.15) is 0 Å². The maximum atomic E-state index is 12.1. The van der Waals surface area contributed by atoms with E-state index in [0.29, 0.717) is 17.7 Å². The fourth-order valence-electron chi connectivity index (χ4n) is 1.60. The molecule has 1 rings (SSSR count). The first kappa shape index (κ1) is 13.5. The number of nitrogens with one attached hydrogen (secondary N) is 1. The summed E-state index contributed by atoms with van der Waals surface area (Å²) in [4.78, 5) is 12.1. The Bertz CT molecular complexity index is 414. The molecular formula is C13H20N2O2. The Labute approximate surface area is 102 Å². The smallest absolute Gasteiger partial charge is 0.252 e. The van der Waals surface area contributed by atoms with Crippen LogP contribution in [0.2, 0.25) is 0 Å². The van der Waals surface area contributed by atoms with Gasteiger partial charge in [0.15, 0.2) is 0 Å². The van der Waals surface area contributed by atoms with Crippen molar-refractivity contribution in [2.75, 3.05) is 12.3 Å². The minimum Gasteiger partial charge on any atom is -0.399 e. The van der Waals surface area contributed by atoms with Crippen LogP contribution >= 0.6 is 0 Å². The SMILES string of the molecule is Cc1ccc(N)cc1C(=O)NC(C)(C)CCO. The van der Waals surface area contributed by atoms with E-state index in [1.54, 1.807) is 12.1 Å². The molecule has 0 heterocycles. The number of carbonyl (C=O) groups is 1. The van der Waals surface area contributed by atoms with Gasteiger partial charge in [0.25, 0.3) is 5.91 Å². The summed E-state index contributed by atoms with van der Waals surface area (Å²) in [6.45, 7) is 5.67. The monoisotopic (exact) mass is 236 g/mol. The Kier molecular flexibility index (Phi) is 4.12. The Morgan fingerprint density at radius 2 is 2.12 bits per heavy atom. The minimum atomic E-state index is -0.428. The summed E-state index contributed by atoms with van der Waals surface area (Å²) in [6, 6.07) is 5.26. The van der Waals surface area contributed by atoms with Crippen LogP contribution in [0.4, 0.5) is 5.69 Å². The van der Waals surface area contributed by atoms with E-state index in [4.69, 9.17) is 10.8 Å². The zero-order chi connectivity index (χ0) is 13.1. The number of benzene rings is 1. The fraction of sp³-hybridized carbons (Fsp3) is 0.462. The van der Waals surface area contributed by atoms with Gasteiger partial charge in [-0.2, -0.15) is 0 Å². The highest BCUT2D eigenvalue weighted by Gasteiger charge is 2.21. The second kappa shape index (κ2) is 5.19. The molecule has 17 heavy (non-hydrogen) atoms. The van der Waals surface area contributed by atoms with E-state index in [-0.39, 0.29) is 12.5 Å². The van der Waals surface area contributed by atoms with Crippen LogP contribution in [0.25, 0.3) is 0 Å². The molecule has 0 atom stereocenters. The van der Waals surface area contributed by atoms with Crippen LogP contribution in [0.15, 0.2) is 18.2 Å². The summed E-state index contributed by atoms with van der Waals surface area (Å²) < 4.78 is 0. The van der Waals surface area contributed by atoms with Crippen LogP contribution in [-0.4, -0.2) is 23.2 Å². The number of carbonyl (C=O) groups excluding carboxylic acids is 1. The number of amides is 1. The first-order valence-electron chi connectivity index (χ1n) is 5.65. The van der Waals surface area contributed by atoms with Gasteiger partial charge >= 0.3 is 0 Å². The van der Waals surface area contributed by atoms with E-state index in [2.05, 4.69) is 5.32 Å². The Morgan fingerprint density at radius 3 is 2.71 bits per heavy atom. The molecule has 0 aliphatic heterocycles. The molecule has 1 aromatic carbocycles. The Morgan fingerprint density at radius 1 is 1.47 bits per heavy atom. The second-order valence-corrected chi connectivity index (χ2v) is 4.89. The van der Waals surface area contributed by atoms with Crippen LogP contribution in [0.1, 0.15) is 36.2 Å². The molecule has 0 bridgehead atoms. The fourth-order valence-corrected chi connectivity index (χ4v) is 1.60. The van der Waals surface area contributed by atoms with E-state index in [9.17, 15) is 4.79 Å². The average Bonchev–Trinajstić information content (AvgIpc) is 2.20. The minimum absolute atomic E-state index is 0.0448. The number of anilines is 1. The third-order valence-corrected chi connectivity index (χ3v) is 2.69. The molecule has 0 aliphatic rings. The summed E-state index contributed by atoms with van der Waals surface area (Å²) in [5.74, 6) is -0.159. The van der Waals surface area contributed by atoms with Gasteiger partial charge in [-0.1, -0.05) is 6.07 Å². The van der Waals surface area contributed by atoms with Crippen LogP contribution in [-0.2, 0) is 0 Å². The highest BCUT2D eigenvalue weighted by atomic mass is 16.3. The molecule has 0 unspecified atom stereocenters. The molecule has 0 radical (unpaired) electrons. The first-order chi connectivity index (χ1) is 7.85. The topological polar surface area (TPSA) is 75.4 Å². The van der Waals surface area contributed by atoms with Crippen molar-refractivity contribution in [1.82, 2.24) is 5.32 Å². The van der Waals surface area contributed by atoms with Gasteiger partial charge in [-0.15, -0.1) is 0 Å². The molecule has 0 aliphatic carbocycles. The lowest BCUT2D eigenvalue weighted by Crippen LogP contribution is -2.44. The van der Waals surface area contributed by atoms with E-state index >= 15 is 0 Å². The maximum absolute atomic E-state index is 12.1. The molecule has 0 fully saturated rings. The van der Waals surface area contributed by atoms with Gasteiger partial charge in [-0.25, -0.2) is 0 Å². The molecule has 4 nitrogen and oxygen atoms in total. The summed E-state index contributed by atoms with van der Waals surface area (Å²) in [7, 11) is 0. The number of nitrogens with two attached hydrogens (primary N) is 1.